The van der Waals surface area contributed by atoms with Gasteiger partial charge < -0.3 is 0 Å². The second-order valence-electron chi connectivity index (χ2n) is 3.39. The number of hydrogen-bond acceptors (Lipinski definition) is 2. The Morgan fingerprint density at radius 1 is 1.19 bits per heavy atom. The van der Waals surface area contributed by atoms with Crippen LogP contribution in [0.3, 0.4) is 0 Å². The van der Waals surface area contributed by atoms with Gasteiger partial charge in [-0.3, -0.25) is 14.3 Å². The highest BCUT2D eigenvalue weighted by Gasteiger charge is 2.04. The molecule has 0 atom stereocenters. The van der Waals surface area contributed by atoms with Gasteiger partial charge >= 0.3 is 5.69 Å². The van der Waals surface area contributed by atoms with Crippen LogP contribution >= 0.6 is 0 Å². The molecule has 0 fully saturated rings. The highest BCUT2D eigenvalue weighted by atomic mass is 19.1. The summed E-state index contributed by atoms with van der Waals surface area (Å²) in [5.41, 5.74) is 0.107. The molecule has 2 aromatic rings. The molecule has 4 nitrogen and oxygen atoms in total. The van der Waals surface area contributed by atoms with Gasteiger partial charge in [-0.25, -0.2) is 9.18 Å². The minimum atomic E-state index is -0.494. The number of aromatic amines is 1. The van der Waals surface area contributed by atoms with E-state index in [-0.39, 0.29) is 5.82 Å². The van der Waals surface area contributed by atoms with Crippen molar-refractivity contribution in [2.24, 2.45) is 7.05 Å². The Hall–Kier alpha value is -2.17. The Kier molecular flexibility index (Phi) is 2.44. The van der Waals surface area contributed by atoms with Gasteiger partial charge in [-0.1, -0.05) is 0 Å². The van der Waals surface area contributed by atoms with E-state index in [0.717, 1.165) is 0 Å². The van der Waals surface area contributed by atoms with Crippen LogP contribution in [0.4, 0.5) is 4.39 Å². The van der Waals surface area contributed by atoms with Gasteiger partial charge in [0, 0.05) is 13.1 Å². The molecule has 16 heavy (non-hydrogen) atoms. The van der Waals surface area contributed by atoms with E-state index in [2.05, 4.69) is 4.98 Å². The minimum absolute atomic E-state index is 0.362. The lowest BCUT2D eigenvalue weighted by atomic mass is 10.1. The average molecular weight is 220 g/mol. The fourth-order valence-electron chi connectivity index (χ4n) is 1.45. The summed E-state index contributed by atoms with van der Waals surface area (Å²) in [6.07, 6.45) is 0. The molecule has 0 radical (unpaired) electrons. The lowest BCUT2D eigenvalue weighted by molar-refractivity contribution is 0.628. The summed E-state index contributed by atoms with van der Waals surface area (Å²) in [7, 11) is 1.54. The third-order valence-corrected chi connectivity index (χ3v) is 2.30. The molecule has 0 spiro atoms. The first-order valence-electron chi connectivity index (χ1n) is 4.64. The zero-order valence-electron chi connectivity index (χ0n) is 8.53. The highest BCUT2D eigenvalue weighted by molar-refractivity contribution is 5.58. The monoisotopic (exact) mass is 220 g/mol. The number of halogens is 1. The molecule has 0 unspecified atom stereocenters. The maximum absolute atomic E-state index is 12.7. The number of rotatable bonds is 1. The summed E-state index contributed by atoms with van der Waals surface area (Å²) < 4.78 is 14.0. The van der Waals surface area contributed by atoms with Gasteiger partial charge in [0.25, 0.3) is 5.56 Å². The molecule has 0 amide bonds. The van der Waals surface area contributed by atoms with Gasteiger partial charge in [0.1, 0.15) is 5.82 Å². The smallest absolute Gasteiger partial charge is 0.296 e. The summed E-state index contributed by atoms with van der Waals surface area (Å²) in [5, 5.41) is 0. The lowest BCUT2D eigenvalue weighted by Crippen LogP contribution is -2.28. The van der Waals surface area contributed by atoms with Crippen molar-refractivity contribution < 1.29 is 4.39 Å². The molecule has 2 rings (SSSR count). The van der Waals surface area contributed by atoms with Crippen molar-refractivity contribution in [1.82, 2.24) is 9.55 Å². The first kappa shape index (κ1) is 10.4. The number of benzene rings is 1. The van der Waals surface area contributed by atoms with Crippen molar-refractivity contribution >= 4 is 0 Å². The summed E-state index contributed by atoms with van der Waals surface area (Å²) >= 11 is 0. The van der Waals surface area contributed by atoms with Gasteiger partial charge in [0.05, 0.1) is 5.69 Å². The number of nitrogens with zero attached hydrogens (tertiary/aromatic N) is 1. The van der Waals surface area contributed by atoms with E-state index in [4.69, 9.17) is 0 Å². The zero-order chi connectivity index (χ0) is 11.7. The van der Waals surface area contributed by atoms with E-state index in [1.807, 2.05) is 0 Å². The van der Waals surface area contributed by atoms with Crippen LogP contribution in [0.15, 0.2) is 39.9 Å². The van der Waals surface area contributed by atoms with Crippen molar-refractivity contribution in [3.8, 4) is 11.3 Å². The van der Waals surface area contributed by atoms with Crippen molar-refractivity contribution in [2.45, 2.75) is 0 Å². The molecule has 0 aliphatic carbocycles. The van der Waals surface area contributed by atoms with E-state index >= 15 is 0 Å². The second kappa shape index (κ2) is 3.77. The molecule has 0 aliphatic rings. The van der Waals surface area contributed by atoms with Crippen molar-refractivity contribution in [1.29, 1.82) is 0 Å². The molecule has 0 aliphatic heterocycles. The minimum Gasteiger partial charge on any atom is -0.296 e. The van der Waals surface area contributed by atoms with Gasteiger partial charge in [-0.15, -0.1) is 0 Å². The maximum Gasteiger partial charge on any atom is 0.328 e. The third-order valence-electron chi connectivity index (χ3n) is 2.30. The molecule has 82 valence electrons. The van der Waals surface area contributed by atoms with E-state index in [0.29, 0.717) is 11.3 Å². The van der Waals surface area contributed by atoms with Gasteiger partial charge in [-0.05, 0) is 29.8 Å². The summed E-state index contributed by atoms with van der Waals surface area (Å²) in [4.78, 5) is 24.6. The quantitative estimate of drug-likeness (QED) is 0.775. The Morgan fingerprint density at radius 2 is 1.81 bits per heavy atom. The molecule has 1 heterocycles. The molecule has 1 aromatic heterocycles. The lowest BCUT2D eigenvalue weighted by Gasteiger charge is -2.06. The molecular weight excluding hydrogens is 211 g/mol. The predicted octanol–water partition coefficient (Wildman–Crippen LogP) is 0.880. The van der Waals surface area contributed by atoms with Crippen LogP contribution in [0.1, 0.15) is 0 Å². The third kappa shape index (κ3) is 1.79. The standard InChI is InChI=1S/C11H9FN2O2/c1-14-9(6-10(15)13-11(14)16)7-2-4-8(12)5-3-7/h2-6H,1H3,(H,13,15,16). The normalized spacial score (nSPS) is 10.4. The largest absolute Gasteiger partial charge is 0.328 e. The topological polar surface area (TPSA) is 54.9 Å². The molecule has 5 heteroatoms. The predicted molar refractivity (Wildman–Crippen MR) is 57.7 cm³/mol. The molecular formula is C11H9FN2O2. The van der Waals surface area contributed by atoms with Gasteiger partial charge in [0.15, 0.2) is 0 Å². The number of aromatic nitrogens is 2. The SMILES string of the molecule is Cn1c(-c2ccc(F)cc2)cc(=O)[nH]c1=O. The molecule has 1 aromatic carbocycles. The fraction of sp³-hybridized carbons (Fsp3) is 0.0909. The Morgan fingerprint density at radius 3 is 2.44 bits per heavy atom. The number of nitrogens with one attached hydrogen (secondary N) is 1. The van der Waals surface area contributed by atoms with E-state index in [1.165, 1.54) is 41.9 Å². The van der Waals surface area contributed by atoms with Gasteiger partial charge in [-0.2, -0.15) is 0 Å². The molecule has 0 bridgehead atoms. The summed E-state index contributed by atoms with van der Waals surface area (Å²) in [5.74, 6) is -0.362. The first-order valence-corrected chi connectivity index (χ1v) is 4.64. The molecule has 1 N–H and O–H groups in total. The van der Waals surface area contributed by atoms with Crippen LogP contribution in [-0.2, 0) is 7.05 Å². The number of hydrogen-bond donors (Lipinski definition) is 1. The van der Waals surface area contributed by atoms with E-state index < -0.39 is 11.2 Å². The molecule has 0 saturated carbocycles. The number of H-pyrrole nitrogens is 1. The summed E-state index contributed by atoms with van der Waals surface area (Å²) in [6, 6.07) is 6.89. The first-order chi connectivity index (χ1) is 7.58. The van der Waals surface area contributed by atoms with Crippen molar-refractivity contribution in [3.63, 3.8) is 0 Å². The Labute approximate surface area is 90.0 Å². The van der Waals surface area contributed by atoms with Crippen LogP contribution in [0.5, 0.6) is 0 Å². The highest BCUT2D eigenvalue weighted by Crippen LogP contribution is 2.15. The molecule has 0 saturated heterocycles. The van der Waals surface area contributed by atoms with Crippen LogP contribution in [-0.4, -0.2) is 9.55 Å². The average Bonchev–Trinajstić information content (AvgIpc) is 2.25. The Bertz CT molecular complexity index is 626. The fourth-order valence-corrected chi connectivity index (χ4v) is 1.45. The zero-order valence-corrected chi connectivity index (χ0v) is 8.53. The second-order valence-corrected chi connectivity index (χ2v) is 3.39. The summed E-state index contributed by atoms with van der Waals surface area (Å²) in [6.45, 7) is 0. The van der Waals surface area contributed by atoms with Crippen molar-refractivity contribution in [3.05, 3.63) is 57.0 Å². The van der Waals surface area contributed by atoms with Crippen LogP contribution in [0.2, 0.25) is 0 Å². The van der Waals surface area contributed by atoms with Crippen LogP contribution in [0.25, 0.3) is 11.3 Å². The van der Waals surface area contributed by atoms with Crippen LogP contribution in [0, 0.1) is 5.82 Å². The van der Waals surface area contributed by atoms with Gasteiger partial charge in [0.2, 0.25) is 0 Å². The van der Waals surface area contributed by atoms with Crippen LogP contribution < -0.4 is 11.2 Å². The maximum atomic E-state index is 12.7. The Balaban J connectivity index is 2.69. The van der Waals surface area contributed by atoms with Crippen molar-refractivity contribution in [2.75, 3.05) is 0 Å². The van der Waals surface area contributed by atoms with E-state index in [1.54, 1.807) is 0 Å². The van der Waals surface area contributed by atoms with E-state index in [9.17, 15) is 14.0 Å².